The van der Waals surface area contributed by atoms with Crippen LogP contribution in [0.15, 0.2) is 260 Å². The fraction of sp³-hybridized carbons (Fsp3) is 0.0857. The molecule has 11 aromatic rings. The summed E-state index contributed by atoms with van der Waals surface area (Å²) in [7, 11) is 0. The molecule has 1 heterocycles. The maximum atomic E-state index is 2.46. The van der Waals surface area contributed by atoms with Crippen molar-refractivity contribution in [3.63, 3.8) is 0 Å². The minimum Gasteiger partial charge on any atom is -0.311 e. The maximum absolute atomic E-state index is 2.46. The van der Waals surface area contributed by atoms with Crippen LogP contribution in [0.5, 0.6) is 0 Å². The van der Waals surface area contributed by atoms with E-state index >= 15 is 0 Å². The molecule has 0 unspecified atom stereocenters. The molecule has 0 radical (unpaired) electrons. The van der Waals surface area contributed by atoms with Gasteiger partial charge in [0.15, 0.2) is 0 Å². The van der Waals surface area contributed by atoms with Gasteiger partial charge in [-0.2, -0.15) is 0 Å². The number of para-hydroxylation sites is 2. The molecule has 2 nitrogen and oxygen atoms in total. The first-order valence-corrected chi connectivity index (χ1v) is 25.5. The fourth-order valence-electron chi connectivity index (χ4n) is 12.9. The lowest BCUT2D eigenvalue weighted by atomic mass is 9.55. The van der Waals surface area contributed by atoms with Crippen molar-refractivity contribution in [3.8, 4) is 39.1 Å². The summed E-state index contributed by atoms with van der Waals surface area (Å²) in [6.45, 7) is 4.80. The van der Waals surface area contributed by atoms with Crippen LogP contribution in [0.25, 0.3) is 66.4 Å². The molecular formula is C70H52N2. The minimum atomic E-state index is -0.387. The number of aromatic nitrogens is 1. The van der Waals surface area contributed by atoms with Gasteiger partial charge in [-0.15, -0.1) is 0 Å². The third kappa shape index (κ3) is 6.28. The van der Waals surface area contributed by atoms with E-state index in [1.54, 1.807) is 0 Å². The van der Waals surface area contributed by atoms with Gasteiger partial charge >= 0.3 is 0 Å². The zero-order valence-electron chi connectivity index (χ0n) is 40.6. The normalized spacial score (nSPS) is 14.8. The molecule has 1 aromatic heterocycles. The molecule has 1 spiro atoms. The quantitative estimate of drug-likeness (QED) is 0.155. The van der Waals surface area contributed by atoms with E-state index in [9.17, 15) is 0 Å². The first-order chi connectivity index (χ1) is 35.5. The Morgan fingerprint density at radius 2 is 0.903 bits per heavy atom. The predicted molar refractivity (Wildman–Crippen MR) is 302 cm³/mol. The van der Waals surface area contributed by atoms with E-state index in [2.05, 4.69) is 278 Å². The number of anilines is 3. The Labute approximate surface area is 422 Å². The van der Waals surface area contributed by atoms with Crippen molar-refractivity contribution in [1.82, 2.24) is 4.57 Å². The Morgan fingerprint density at radius 1 is 0.403 bits per heavy atom. The zero-order chi connectivity index (χ0) is 48.0. The van der Waals surface area contributed by atoms with Gasteiger partial charge < -0.3 is 9.47 Å². The van der Waals surface area contributed by atoms with Gasteiger partial charge in [-0.25, -0.2) is 0 Å². The molecule has 0 bridgehead atoms. The molecule has 72 heavy (non-hydrogen) atoms. The highest BCUT2D eigenvalue weighted by atomic mass is 15.1. The van der Waals surface area contributed by atoms with Crippen molar-refractivity contribution in [2.75, 3.05) is 4.90 Å². The first-order valence-electron chi connectivity index (χ1n) is 25.5. The van der Waals surface area contributed by atoms with Crippen LogP contribution in [0.3, 0.4) is 0 Å². The van der Waals surface area contributed by atoms with Gasteiger partial charge in [0.1, 0.15) is 0 Å². The minimum absolute atomic E-state index is 0.123. The molecule has 2 heteroatoms. The van der Waals surface area contributed by atoms with Crippen LogP contribution in [0.1, 0.15) is 60.1 Å². The maximum Gasteiger partial charge on any atom is 0.0716 e. The molecule has 0 N–H and O–H groups in total. The van der Waals surface area contributed by atoms with E-state index in [4.69, 9.17) is 0 Å². The lowest BCUT2D eigenvalue weighted by Gasteiger charge is -2.47. The summed E-state index contributed by atoms with van der Waals surface area (Å²) in [4.78, 5) is 2.40. The van der Waals surface area contributed by atoms with E-state index in [0.29, 0.717) is 0 Å². The number of nitrogens with zero attached hydrogens (tertiary/aromatic N) is 2. The number of benzene rings is 10. The number of hydrogen-bond donors (Lipinski definition) is 0. The van der Waals surface area contributed by atoms with Gasteiger partial charge in [0.25, 0.3) is 0 Å². The van der Waals surface area contributed by atoms with Crippen molar-refractivity contribution < 1.29 is 0 Å². The van der Waals surface area contributed by atoms with Gasteiger partial charge in [-0.1, -0.05) is 202 Å². The summed E-state index contributed by atoms with van der Waals surface area (Å²) in [6, 6.07) is 90.1. The SMILES string of the molecule is CC1(C)c2ccccc2C2(C3=C(CCC=C3)c3c(-c4ccc(N(c5ccc(-c6ccccc6)cc5)c5ccc(-c6ccc7c(c6)c6ccccc6n7-c6ccccc6)cc5)cc4)cccc32)c2ccccc21. The largest absolute Gasteiger partial charge is 0.311 e. The van der Waals surface area contributed by atoms with E-state index < -0.39 is 0 Å². The van der Waals surface area contributed by atoms with Gasteiger partial charge in [-0.05, 0) is 157 Å². The summed E-state index contributed by atoms with van der Waals surface area (Å²) in [5.74, 6) is 0. The number of fused-ring (bicyclic) bond motifs is 11. The van der Waals surface area contributed by atoms with Crippen LogP contribution in [0.4, 0.5) is 17.1 Å². The Kier molecular flexibility index (Phi) is 9.63. The van der Waals surface area contributed by atoms with Crippen LogP contribution in [-0.4, -0.2) is 4.57 Å². The molecule has 0 aliphatic heterocycles. The summed E-state index contributed by atoms with van der Waals surface area (Å²) in [5, 5.41) is 2.50. The Morgan fingerprint density at radius 3 is 1.56 bits per heavy atom. The van der Waals surface area contributed by atoms with Crippen molar-refractivity contribution in [1.29, 1.82) is 0 Å². The molecule has 0 atom stereocenters. The smallest absolute Gasteiger partial charge is 0.0716 e. The molecule has 0 saturated carbocycles. The van der Waals surface area contributed by atoms with Gasteiger partial charge in [0.2, 0.25) is 0 Å². The van der Waals surface area contributed by atoms with Gasteiger partial charge in [-0.3, -0.25) is 0 Å². The second-order valence-corrected chi connectivity index (χ2v) is 20.3. The summed E-state index contributed by atoms with van der Waals surface area (Å²) in [5.41, 5.74) is 25.1. The molecule has 10 aromatic carbocycles. The van der Waals surface area contributed by atoms with Crippen LogP contribution in [0.2, 0.25) is 0 Å². The molecule has 14 rings (SSSR count). The van der Waals surface area contributed by atoms with Crippen LogP contribution < -0.4 is 4.90 Å². The lowest BCUT2D eigenvalue weighted by molar-refractivity contribution is 0.561. The van der Waals surface area contributed by atoms with Crippen molar-refractivity contribution in [2.45, 2.75) is 37.5 Å². The van der Waals surface area contributed by atoms with Crippen LogP contribution >= 0.6 is 0 Å². The molecule has 3 aliphatic rings. The average molecular weight is 921 g/mol. The zero-order valence-corrected chi connectivity index (χ0v) is 40.6. The first kappa shape index (κ1) is 42.2. The van der Waals surface area contributed by atoms with Gasteiger partial charge in [0.05, 0.1) is 16.4 Å². The summed E-state index contributed by atoms with van der Waals surface area (Å²) >= 11 is 0. The fourth-order valence-corrected chi connectivity index (χ4v) is 12.9. The topological polar surface area (TPSA) is 8.17 Å². The molecule has 0 saturated heterocycles. The molecular weight excluding hydrogens is 869 g/mol. The second-order valence-electron chi connectivity index (χ2n) is 20.3. The van der Waals surface area contributed by atoms with Crippen LogP contribution in [0, 0.1) is 0 Å². The van der Waals surface area contributed by atoms with E-state index in [-0.39, 0.29) is 10.8 Å². The number of hydrogen-bond acceptors (Lipinski definition) is 1. The van der Waals surface area contributed by atoms with Crippen molar-refractivity contribution in [2.24, 2.45) is 0 Å². The number of allylic oxidation sites excluding steroid dienone is 4. The average Bonchev–Trinajstić information content (AvgIpc) is 3.95. The molecule has 342 valence electrons. The highest BCUT2D eigenvalue weighted by Gasteiger charge is 2.54. The third-order valence-corrected chi connectivity index (χ3v) is 16.2. The summed E-state index contributed by atoms with van der Waals surface area (Å²) in [6.07, 6.45) is 6.94. The van der Waals surface area contributed by atoms with Crippen molar-refractivity contribution >= 4 is 44.4 Å². The Bertz CT molecular complexity index is 3910. The predicted octanol–water partition coefficient (Wildman–Crippen LogP) is 18.3. The molecule has 0 amide bonds. The second kappa shape index (κ2) is 16.4. The van der Waals surface area contributed by atoms with E-state index in [1.165, 1.54) is 105 Å². The summed E-state index contributed by atoms with van der Waals surface area (Å²) < 4.78 is 2.38. The van der Waals surface area contributed by atoms with Crippen molar-refractivity contribution in [3.05, 3.63) is 294 Å². The Hall–Kier alpha value is -8.72. The lowest BCUT2D eigenvalue weighted by Crippen LogP contribution is -2.41. The van der Waals surface area contributed by atoms with E-state index in [1.807, 2.05) is 0 Å². The monoisotopic (exact) mass is 920 g/mol. The number of rotatable bonds is 7. The van der Waals surface area contributed by atoms with E-state index in [0.717, 1.165) is 29.9 Å². The highest BCUT2D eigenvalue weighted by molar-refractivity contribution is 6.10. The Balaban J connectivity index is 0.872. The molecule has 0 fully saturated rings. The standard InChI is InChI=1S/C70H52N2/c1-69(2)61-26-12-14-28-63(61)70(64-29-15-13-27-62(64)69)60-25-11-9-23-58(60)68-56(24-17-30-65(68)70)50-36-43-55(44-37-50)71(53-39-32-48(33-40-53)47-18-5-3-6-19-47)54-41-34-49(35-42-54)51-38-45-67-59(46-51)57-22-10-16-31-66(57)72(67)52-20-7-4-8-21-52/h3-8,10-22,24-46H,9,23H2,1-2H3. The van der Waals surface area contributed by atoms with Crippen LogP contribution in [-0.2, 0) is 10.8 Å². The molecule has 3 aliphatic carbocycles. The highest BCUT2D eigenvalue weighted by Crippen LogP contribution is 2.63. The third-order valence-electron chi connectivity index (χ3n) is 16.2. The van der Waals surface area contributed by atoms with Gasteiger partial charge in [0, 0.05) is 38.9 Å².